The number of fused-ring (bicyclic) bond motifs is 1. The van der Waals surface area contributed by atoms with Crippen LogP contribution in [0.3, 0.4) is 0 Å². The molecular weight excluding hydrogens is 408 g/mol. The van der Waals surface area contributed by atoms with Crippen molar-refractivity contribution in [3.8, 4) is 0 Å². The van der Waals surface area contributed by atoms with Crippen molar-refractivity contribution >= 4 is 27.3 Å². The number of sulfonamides is 1. The van der Waals surface area contributed by atoms with E-state index < -0.39 is 10.0 Å². The monoisotopic (exact) mass is 434 g/mol. The number of hydrogen-bond donors (Lipinski definition) is 0. The summed E-state index contributed by atoms with van der Waals surface area (Å²) < 4.78 is 33.3. The lowest BCUT2D eigenvalue weighted by Crippen LogP contribution is -2.50. The molecule has 1 aromatic carbocycles. The summed E-state index contributed by atoms with van der Waals surface area (Å²) in [4.78, 5) is 16.8. The fourth-order valence-electron chi connectivity index (χ4n) is 4.11. The Hall–Kier alpha value is -1.74. The first-order valence-corrected chi connectivity index (χ1v) is 12.2. The van der Waals surface area contributed by atoms with Gasteiger partial charge in [0, 0.05) is 35.9 Å². The first kappa shape index (κ1) is 20.5. The largest absolute Gasteiger partial charge is 0.373 e. The van der Waals surface area contributed by atoms with Gasteiger partial charge >= 0.3 is 0 Å². The number of rotatable bonds is 4. The second-order valence-corrected chi connectivity index (χ2v) is 10.9. The van der Waals surface area contributed by atoms with Crippen molar-refractivity contribution in [1.29, 1.82) is 0 Å². The molecule has 0 aliphatic carbocycles. The Morgan fingerprint density at radius 3 is 2.59 bits per heavy atom. The Labute approximate surface area is 176 Å². The van der Waals surface area contributed by atoms with Crippen molar-refractivity contribution in [1.82, 2.24) is 9.21 Å². The quantitative estimate of drug-likeness (QED) is 0.742. The van der Waals surface area contributed by atoms with Gasteiger partial charge in [0.05, 0.1) is 24.0 Å². The van der Waals surface area contributed by atoms with Crippen LogP contribution in [0.1, 0.15) is 33.4 Å². The number of carbonyl (C=O) groups is 1. The Kier molecular flexibility index (Phi) is 5.79. The van der Waals surface area contributed by atoms with E-state index in [2.05, 4.69) is 6.07 Å². The van der Waals surface area contributed by atoms with E-state index >= 15 is 0 Å². The van der Waals surface area contributed by atoms with Gasteiger partial charge in [0.15, 0.2) is 0 Å². The molecule has 8 heteroatoms. The summed E-state index contributed by atoms with van der Waals surface area (Å²) in [5.74, 6) is 0.0197. The number of aryl methyl sites for hydroxylation is 2. The summed E-state index contributed by atoms with van der Waals surface area (Å²) in [6.07, 6.45) is 0.955. The number of hydrogen-bond acceptors (Lipinski definition) is 5. The molecule has 6 nitrogen and oxygen atoms in total. The van der Waals surface area contributed by atoms with Crippen molar-refractivity contribution in [2.45, 2.75) is 37.7 Å². The van der Waals surface area contributed by atoms with E-state index in [0.29, 0.717) is 44.1 Å². The van der Waals surface area contributed by atoms with Crippen LogP contribution in [0, 0.1) is 13.8 Å². The van der Waals surface area contributed by atoms with Crippen molar-refractivity contribution < 1.29 is 17.9 Å². The SMILES string of the molecule is Cc1cc(S(=O)(=O)N2CCN(C(=O)CC3OCCc4ccccc43)CC2)c(C)s1. The number of piperazine rings is 1. The maximum Gasteiger partial charge on any atom is 0.244 e. The molecule has 0 radical (unpaired) electrons. The molecule has 1 fully saturated rings. The molecular formula is C21H26N2O4S2. The highest BCUT2D eigenvalue weighted by Gasteiger charge is 2.33. The molecule has 1 amide bonds. The van der Waals surface area contributed by atoms with E-state index in [1.165, 1.54) is 21.2 Å². The summed E-state index contributed by atoms with van der Waals surface area (Å²) in [5, 5.41) is 0. The summed E-state index contributed by atoms with van der Waals surface area (Å²) in [6, 6.07) is 9.85. The maximum atomic E-state index is 13.0. The predicted molar refractivity (Wildman–Crippen MR) is 113 cm³/mol. The van der Waals surface area contributed by atoms with Crippen LogP contribution in [0.4, 0.5) is 0 Å². The third kappa shape index (κ3) is 4.12. The van der Waals surface area contributed by atoms with E-state index in [-0.39, 0.29) is 12.0 Å². The van der Waals surface area contributed by atoms with Gasteiger partial charge in [-0.05, 0) is 37.5 Å². The highest BCUT2D eigenvalue weighted by atomic mass is 32.2. The molecule has 0 bridgehead atoms. The van der Waals surface area contributed by atoms with Crippen LogP contribution < -0.4 is 0 Å². The van der Waals surface area contributed by atoms with Gasteiger partial charge < -0.3 is 9.64 Å². The van der Waals surface area contributed by atoms with Crippen molar-refractivity contribution in [3.63, 3.8) is 0 Å². The zero-order chi connectivity index (χ0) is 20.6. The molecule has 2 aliphatic rings. The van der Waals surface area contributed by atoms with E-state index in [9.17, 15) is 13.2 Å². The van der Waals surface area contributed by atoms with Gasteiger partial charge in [0.25, 0.3) is 0 Å². The second-order valence-electron chi connectivity index (χ2n) is 7.57. The van der Waals surface area contributed by atoms with Crippen molar-refractivity contribution in [3.05, 3.63) is 51.2 Å². The molecule has 29 heavy (non-hydrogen) atoms. The van der Waals surface area contributed by atoms with Crippen LogP contribution in [0.15, 0.2) is 35.2 Å². The Morgan fingerprint density at radius 1 is 1.17 bits per heavy atom. The molecule has 2 aliphatic heterocycles. The van der Waals surface area contributed by atoms with Gasteiger partial charge in [-0.3, -0.25) is 4.79 Å². The van der Waals surface area contributed by atoms with Gasteiger partial charge in [-0.1, -0.05) is 24.3 Å². The molecule has 1 aromatic heterocycles. The van der Waals surface area contributed by atoms with Crippen LogP contribution in [-0.4, -0.2) is 56.3 Å². The lowest BCUT2D eigenvalue weighted by atomic mass is 9.95. The van der Waals surface area contributed by atoms with E-state index in [1.807, 2.05) is 32.0 Å². The number of benzene rings is 1. The maximum absolute atomic E-state index is 13.0. The Bertz CT molecular complexity index is 1010. The lowest BCUT2D eigenvalue weighted by molar-refractivity contribution is -0.135. The highest BCUT2D eigenvalue weighted by Crippen LogP contribution is 2.31. The molecule has 1 saturated heterocycles. The topological polar surface area (TPSA) is 66.9 Å². The third-order valence-electron chi connectivity index (χ3n) is 5.66. The van der Waals surface area contributed by atoms with Crippen LogP contribution >= 0.6 is 11.3 Å². The van der Waals surface area contributed by atoms with Crippen molar-refractivity contribution in [2.75, 3.05) is 32.8 Å². The average molecular weight is 435 g/mol. The van der Waals surface area contributed by atoms with Gasteiger partial charge in [-0.25, -0.2) is 8.42 Å². The summed E-state index contributed by atoms with van der Waals surface area (Å²) >= 11 is 1.50. The van der Waals surface area contributed by atoms with Gasteiger partial charge in [0.2, 0.25) is 15.9 Å². The van der Waals surface area contributed by atoms with E-state index in [1.54, 1.807) is 11.0 Å². The molecule has 0 saturated carbocycles. The first-order chi connectivity index (χ1) is 13.9. The zero-order valence-electron chi connectivity index (χ0n) is 16.8. The van der Waals surface area contributed by atoms with Crippen LogP contribution in [0.2, 0.25) is 0 Å². The Morgan fingerprint density at radius 2 is 1.90 bits per heavy atom. The minimum absolute atomic E-state index is 0.0197. The molecule has 2 aromatic rings. The fraction of sp³-hybridized carbons (Fsp3) is 0.476. The lowest BCUT2D eigenvalue weighted by Gasteiger charge is -2.35. The molecule has 0 spiro atoms. The normalized spacial score (nSPS) is 20.5. The molecule has 0 N–H and O–H groups in total. The second kappa shape index (κ2) is 8.18. The number of carbonyl (C=O) groups excluding carboxylic acids is 1. The summed E-state index contributed by atoms with van der Waals surface area (Å²) in [6.45, 7) is 5.85. The average Bonchev–Trinajstić information content (AvgIpc) is 3.07. The standard InChI is InChI=1S/C21H26N2O4S2/c1-15-13-20(16(2)28-15)29(25,26)23-10-8-22(9-11-23)21(24)14-19-18-6-4-3-5-17(18)7-12-27-19/h3-6,13,19H,7-12,14H2,1-2H3. The van der Waals surface area contributed by atoms with E-state index in [0.717, 1.165) is 21.7 Å². The number of nitrogens with zero attached hydrogens (tertiary/aromatic N) is 2. The smallest absolute Gasteiger partial charge is 0.244 e. The molecule has 1 unspecified atom stereocenters. The number of amides is 1. The fourth-order valence-corrected chi connectivity index (χ4v) is 7.06. The Balaban J connectivity index is 1.39. The van der Waals surface area contributed by atoms with Crippen molar-refractivity contribution in [2.24, 2.45) is 0 Å². The molecule has 3 heterocycles. The van der Waals surface area contributed by atoms with Gasteiger partial charge in [-0.15, -0.1) is 11.3 Å². The zero-order valence-corrected chi connectivity index (χ0v) is 18.4. The van der Waals surface area contributed by atoms with Gasteiger partial charge in [-0.2, -0.15) is 4.31 Å². The molecule has 1 atom stereocenters. The minimum atomic E-state index is -3.51. The predicted octanol–water partition coefficient (Wildman–Crippen LogP) is 2.90. The molecule has 156 valence electrons. The van der Waals surface area contributed by atoms with Gasteiger partial charge in [0.1, 0.15) is 0 Å². The summed E-state index contributed by atoms with van der Waals surface area (Å²) in [7, 11) is -3.51. The van der Waals surface area contributed by atoms with Crippen LogP contribution in [0.5, 0.6) is 0 Å². The number of ether oxygens (including phenoxy) is 1. The first-order valence-electron chi connectivity index (χ1n) is 9.90. The van der Waals surface area contributed by atoms with Crippen LogP contribution in [0.25, 0.3) is 0 Å². The summed E-state index contributed by atoms with van der Waals surface area (Å²) in [5.41, 5.74) is 2.34. The number of thiophene rings is 1. The third-order valence-corrected chi connectivity index (χ3v) is 8.78. The van der Waals surface area contributed by atoms with E-state index in [4.69, 9.17) is 4.74 Å². The minimum Gasteiger partial charge on any atom is -0.373 e. The molecule has 4 rings (SSSR count). The highest BCUT2D eigenvalue weighted by molar-refractivity contribution is 7.89. The van der Waals surface area contributed by atoms with Crippen LogP contribution in [-0.2, 0) is 26.0 Å².